The van der Waals surface area contributed by atoms with Gasteiger partial charge in [0.1, 0.15) is 11.4 Å². The van der Waals surface area contributed by atoms with E-state index in [1.165, 1.54) is 0 Å². The van der Waals surface area contributed by atoms with Gasteiger partial charge in [0.2, 0.25) is 0 Å². The molecule has 4 nitrogen and oxygen atoms in total. The average Bonchev–Trinajstić information content (AvgIpc) is 3.13. The molecular formula is C20H24O4. The van der Waals surface area contributed by atoms with E-state index in [0.717, 1.165) is 28.7 Å². The Labute approximate surface area is 142 Å². The van der Waals surface area contributed by atoms with Gasteiger partial charge in [-0.25, -0.2) is 0 Å². The Kier molecular flexibility index (Phi) is 3.26. The van der Waals surface area contributed by atoms with Gasteiger partial charge in [-0.15, -0.1) is 0 Å². The van der Waals surface area contributed by atoms with Crippen molar-refractivity contribution in [3.63, 3.8) is 0 Å². The van der Waals surface area contributed by atoms with Crippen molar-refractivity contribution in [3.05, 3.63) is 40.1 Å². The lowest BCUT2D eigenvalue weighted by atomic mass is 9.70. The number of carbonyl (C=O) groups excluding carboxylic acids is 1. The van der Waals surface area contributed by atoms with E-state index in [2.05, 4.69) is 0 Å². The van der Waals surface area contributed by atoms with Gasteiger partial charge in [-0.3, -0.25) is 4.79 Å². The zero-order valence-corrected chi connectivity index (χ0v) is 14.6. The summed E-state index contributed by atoms with van der Waals surface area (Å²) in [7, 11) is 0. The Hall–Kier alpha value is -1.65. The third kappa shape index (κ3) is 1.78. The van der Waals surface area contributed by atoms with Crippen molar-refractivity contribution in [2.45, 2.75) is 58.3 Å². The second-order valence-corrected chi connectivity index (χ2v) is 7.73. The lowest BCUT2D eigenvalue weighted by Gasteiger charge is -2.34. The lowest BCUT2D eigenvalue weighted by Crippen LogP contribution is -2.48. The van der Waals surface area contributed by atoms with Crippen molar-refractivity contribution in [2.75, 3.05) is 0 Å². The quantitative estimate of drug-likeness (QED) is 0.876. The molecule has 1 aromatic rings. The van der Waals surface area contributed by atoms with Crippen LogP contribution in [0.5, 0.6) is 0 Å². The number of allylic oxidation sites excluding steroid dienone is 1. The number of carbonyl (C=O) groups is 1. The minimum Gasteiger partial charge on any atom is -0.511 e. The second-order valence-electron chi connectivity index (χ2n) is 7.73. The molecule has 128 valence electrons. The lowest BCUT2D eigenvalue weighted by molar-refractivity contribution is -0.131. The molecule has 4 rings (SSSR count). The molecule has 24 heavy (non-hydrogen) atoms. The molecule has 2 heterocycles. The van der Waals surface area contributed by atoms with E-state index >= 15 is 0 Å². The SMILES string of the molecule is Cc1cc(C)c(C2=C(O)[C@H]3[C@@H]4CC[C@@](C(C)O)(O4)[C@H]3C2=O)c(C)c1. The maximum absolute atomic E-state index is 13.3. The van der Waals surface area contributed by atoms with Crippen LogP contribution in [0.15, 0.2) is 17.9 Å². The number of Topliss-reactive ketones (excluding diaryl/α,β-unsaturated/α-hetero) is 1. The van der Waals surface area contributed by atoms with E-state index in [1.807, 2.05) is 32.9 Å². The molecule has 5 atom stereocenters. The van der Waals surface area contributed by atoms with E-state index in [0.29, 0.717) is 12.0 Å². The smallest absolute Gasteiger partial charge is 0.173 e. The second kappa shape index (κ2) is 4.93. The first kappa shape index (κ1) is 15.9. The Morgan fingerprint density at radius 3 is 2.46 bits per heavy atom. The van der Waals surface area contributed by atoms with Crippen LogP contribution < -0.4 is 0 Å². The summed E-state index contributed by atoms with van der Waals surface area (Å²) in [6.45, 7) is 7.67. The molecular weight excluding hydrogens is 304 g/mol. The van der Waals surface area contributed by atoms with Gasteiger partial charge < -0.3 is 14.9 Å². The van der Waals surface area contributed by atoms with Gasteiger partial charge in [0, 0.05) is 0 Å². The first-order valence-corrected chi connectivity index (χ1v) is 8.69. The average molecular weight is 328 g/mol. The van der Waals surface area contributed by atoms with Crippen molar-refractivity contribution in [2.24, 2.45) is 11.8 Å². The number of fused-ring (bicyclic) bond motifs is 5. The van der Waals surface area contributed by atoms with Crippen molar-refractivity contribution in [1.82, 2.24) is 0 Å². The van der Waals surface area contributed by atoms with E-state index in [1.54, 1.807) is 6.92 Å². The Morgan fingerprint density at radius 1 is 1.25 bits per heavy atom. The molecule has 4 heteroatoms. The van der Waals surface area contributed by atoms with Crippen LogP contribution in [-0.2, 0) is 9.53 Å². The van der Waals surface area contributed by atoms with Crippen molar-refractivity contribution in [3.8, 4) is 0 Å². The molecule has 1 aliphatic carbocycles. The minimum absolute atomic E-state index is 0.0735. The molecule has 2 aliphatic heterocycles. The molecule has 1 aromatic carbocycles. The molecule has 1 unspecified atom stereocenters. The van der Waals surface area contributed by atoms with E-state index in [9.17, 15) is 15.0 Å². The summed E-state index contributed by atoms with van der Waals surface area (Å²) in [5.41, 5.74) is 3.60. The van der Waals surface area contributed by atoms with E-state index in [4.69, 9.17) is 4.74 Å². The zero-order valence-electron chi connectivity index (χ0n) is 14.6. The number of benzene rings is 1. The molecule has 0 aromatic heterocycles. The maximum atomic E-state index is 13.3. The number of aliphatic hydroxyl groups is 2. The maximum Gasteiger partial charge on any atom is 0.173 e. The van der Waals surface area contributed by atoms with Crippen LogP contribution in [0.3, 0.4) is 0 Å². The highest BCUT2D eigenvalue weighted by Crippen LogP contribution is 2.60. The van der Waals surface area contributed by atoms with Crippen LogP contribution in [0, 0.1) is 32.6 Å². The molecule has 0 spiro atoms. The number of hydrogen-bond donors (Lipinski definition) is 2. The third-order valence-corrected chi connectivity index (χ3v) is 6.21. The third-order valence-electron chi connectivity index (χ3n) is 6.21. The van der Waals surface area contributed by atoms with Gasteiger partial charge in [-0.2, -0.15) is 0 Å². The number of ether oxygens (including phenoxy) is 1. The summed E-state index contributed by atoms with van der Waals surface area (Å²) in [4.78, 5) is 13.3. The van der Waals surface area contributed by atoms with Crippen LogP contribution in [0.25, 0.3) is 5.57 Å². The minimum atomic E-state index is -0.839. The Morgan fingerprint density at radius 2 is 1.88 bits per heavy atom. The summed E-state index contributed by atoms with van der Waals surface area (Å²) in [5, 5.41) is 21.2. The molecule has 2 saturated heterocycles. The standard InChI is InChI=1S/C20H24O4/c1-9-7-10(2)14(11(3)8-9)16-18(22)15-13-5-6-20(24-13,12(4)21)17(15)19(16)23/h7-8,12-13,15,17,21-22H,5-6H2,1-4H3/t12?,13-,15-,17+,20-/m0/s1. The number of aliphatic hydroxyl groups excluding tert-OH is 2. The van der Waals surface area contributed by atoms with Crippen molar-refractivity contribution >= 4 is 11.4 Å². The molecule has 0 radical (unpaired) electrons. The van der Waals surface area contributed by atoms with Gasteiger partial charge in [-0.1, -0.05) is 17.7 Å². The summed E-state index contributed by atoms with van der Waals surface area (Å²) in [6, 6.07) is 4.08. The van der Waals surface area contributed by atoms with Crippen molar-refractivity contribution in [1.29, 1.82) is 0 Å². The van der Waals surface area contributed by atoms with Crippen molar-refractivity contribution < 1.29 is 19.7 Å². The predicted molar refractivity (Wildman–Crippen MR) is 90.7 cm³/mol. The summed E-state index contributed by atoms with van der Waals surface area (Å²) < 4.78 is 6.03. The fraction of sp³-hybridized carbons (Fsp3) is 0.550. The van der Waals surface area contributed by atoms with Crippen LogP contribution >= 0.6 is 0 Å². The first-order valence-electron chi connectivity index (χ1n) is 8.69. The van der Waals surface area contributed by atoms with Gasteiger partial charge >= 0.3 is 0 Å². The van der Waals surface area contributed by atoms with Crippen LogP contribution in [0.4, 0.5) is 0 Å². The molecule has 0 saturated carbocycles. The molecule has 3 aliphatic rings. The molecule has 0 amide bonds. The summed E-state index contributed by atoms with van der Waals surface area (Å²) in [6.07, 6.45) is 0.558. The molecule has 2 N–H and O–H groups in total. The van der Waals surface area contributed by atoms with Crippen LogP contribution in [0.1, 0.15) is 42.0 Å². The predicted octanol–water partition coefficient (Wildman–Crippen LogP) is 3.01. The normalized spacial score (nSPS) is 35.7. The Balaban J connectivity index is 1.87. The Bertz CT molecular complexity index is 753. The number of aryl methyl sites for hydroxylation is 3. The highest BCUT2D eigenvalue weighted by atomic mass is 16.5. The van der Waals surface area contributed by atoms with Crippen LogP contribution in [0.2, 0.25) is 0 Å². The first-order chi connectivity index (χ1) is 11.3. The topological polar surface area (TPSA) is 66.8 Å². The van der Waals surface area contributed by atoms with Crippen LogP contribution in [-0.4, -0.2) is 33.8 Å². The monoisotopic (exact) mass is 328 g/mol. The highest BCUT2D eigenvalue weighted by molar-refractivity contribution is 6.26. The number of hydrogen-bond acceptors (Lipinski definition) is 4. The molecule has 2 fully saturated rings. The fourth-order valence-corrected chi connectivity index (χ4v) is 5.33. The molecule has 2 bridgehead atoms. The van der Waals surface area contributed by atoms with E-state index < -0.39 is 17.6 Å². The highest BCUT2D eigenvalue weighted by Gasteiger charge is 2.68. The van der Waals surface area contributed by atoms with Gasteiger partial charge in [-0.05, 0) is 57.2 Å². The number of ketones is 1. The zero-order chi connectivity index (χ0) is 17.4. The van der Waals surface area contributed by atoms with Gasteiger partial charge in [0.05, 0.1) is 29.6 Å². The van der Waals surface area contributed by atoms with Gasteiger partial charge in [0.15, 0.2) is 5.78 Å². The fourth-order valence-electron chi connectivity index (χ4n) is 5.33. The summed E-state index contributed by atoms with van der Waals surface area (Å²) in [5.74, 6) is -0.690. The van der Waals surface area contributed by atoms with Gasteiger partial charge in [0.25, 0.3) is 0 Å². The summed E-state index contributed by atoms with van der Waals surface area (Å²) >= 11 is 0. The van der Waals surface area contributed by atoms with E-state index in [-0.39, 0.29) is 23.6 Å². The number of rotatable bonds is 2. The largest absolute Gasteiger partial charge is 0.511 e.